The second-order valence-corrected chi connectivity index (χ2v) is 2.69. The lowest BCUT2D eigenvalue weighted by atomic mass is 10.3. The van der Waals surface area contributed by atoms with Crippen molar-refractivity contribution in [3.63, 3.8) is 0 Å². The van der Waals surface area contributed by atoms with Gasteiger partial charge in [0.25, 0.3) is 0 Å². The van der Waals surface area contributed by atoms with Crippen LogP contribution in [0.1, 0.15) is 6.42 Å². The van der Waals surface area contributed by atoms with Crippen LogP contribution in [0.15, 0.2) is 35.8 Å². The maximum Gasteiger partial charge on any atom is 0.422 e. The molecule has 0 aromatic heterocycles. The Balaban J connectivity index is 2.59. The van der Waals surface area contributed by atoms with Gasteiger partial charge in [0.15, 0.2) is 18.1 Å². The third kappa shape index (κ3) is 3.55. The second kappa shape index (κ2) is 4.21. The van der Waals surface area contributed by atoms with Crippen molar-refractivity contribution in [2.75, 3.05) is 6.61 Å². The Hall–Kier alpha value is -1.39. The molecule has 2 nitrogen and oxygen atoms in total. The summed E-state index contributed by atoms with van der Waals surface area (Å²) in [5, 5.41) is 9.21. The Morgan fingerprint density at radius 3 is 2.79 bits per heavy atom. The van der Waals surface area contributed by atoms with Gasteiger partial charge < -0.3 is 9.84 Å². The van der Waals surface area contributed by atoms with Crippen LogP contribution in [0, 0.1) is 0 Å². The van der Waals surface area contributed by atoms with Gasteiger partial charge in [0, 0.05) is 0 Å². The standard InChI is InChI=1S/C9H9F3O2/c10-9(11,12)6-14-8-5-3-1-2-4-7(8)13/h1,3-5,13H,2,6H2. The summed E-state index contributed by atoms with van der Waals surface area (Å²) in [7, 11) is 0. The molecule has 78 valence electrons. The number of ether oxygens (including phenoxy) is 1. The molecule has 1 N–H and O–H groups in total. The Labute approximate surface area is 79.0 Å². The zero-order valence-corrected chi connectivity index (χ0v) is 7.21. The normalized spacial score (nSPS) is 17.1. The molecule has 0 bridgehead atoms. The lowest BCUT2D eigenvalue weighted by Crippen LogP contribution is -2.17. The molecule has 0 aromatic rings. The molecule has 0 amide bonds. The van der Waals surface area contributed by atoms with E-state index in [1.165, 1.54) is 18.2 Å². The van der Waals surface area contributed by atoms with Crippen LogP contribution < -0.4 is 0 Å². The molecule has 14 heavy (non-hydrogen) atoms. The van der Waals surface area contributed by atoms with Crippen molar-refractivity contribution in [3.05, 3.63) is 35.8 Å². The average molecular weight is 206 g/mol. The van der Waals surface area contributed by atoms with Gasteiger partial charge in [0.05, 0.1) is 0 Å². The zero-order valence-electron chi connectivity index (χ0n) is 7.21. The highest BCUT2D eigenvalue weighted by atomic mass is 19.4. The van der Waals surface area contributed by atoms with Crippen LogP contribution in [0.3, 0.4) is 0 Å². The first-order valence-corrected chi connectivity index (χ1v) is 3.95. The number of aliphatic hydroxyl groups is 1. The molecule has 1 aliphatic carbocycles. The first kappa shape index (κ1) is 10.7. The number of halogens is 3. The minimum atomic E-state index is -4.39. The van der Waals surface area contributed by atoms with E-state index in [0.717, 1.165) is 0 Å². The first-order chi connectivity index (χ1) is 6.49. The van der Waals surface area contributed by atoms with Gasteiger partial charge in [-0.15, -0.1) is 0 Å². The van der Waals surface area contributed by atoms with Gasteiger partial charge in [-0.05, 0) is 18.6 Å². The predicted octanol–water partition coefficient (Wildman–Crippen LogP) is 2.85. The van der Waals surface area contributed by atoms with Gasteiger partial charge in [-0.3, -0.25) is 0 Å². The minimum absolute atomic E-state index is 0.156. The molecule has 1 aliphatic rings. The van der Waals surface area contributed by atoms with Gasteiger partial charge >= 0.3 is 6.18 Å². The van der Waals surface area contributed by atoms with Crippen LogP contribution in [0.2, 0.25) is 0 Å². The fraction of sp³-hybridized carbons (Fsp3) is 0.333. The summed E-state index contributed by atoms with van der Waals surface area (Å²) in [6.45, 7) is -1.40. The van der Waals surface area contributed by atoms with Crippen LogP contribution >= 0.6 is 0 Å². The van der Waals surface area contributed by atoms with Crippen LogP contribution in [0.25, 0.3) is 0 Å². The van der Waals surface area contributed by atoms with Crippen LogP contribution in [0.5, 0.6) is 0 Å². The van der Waals surface area contributed by atoms with Gasteiger partial charge in [-0.25, -0.2) is 0 Å². The Morgan fingerprint density at radius 1 is 1.43 bits per heavy atom. The van der Waals surface area contributed by atoms with Gasteiger partial charge in [0.1, 0.15) is 0 Å². The highest BCUT2D eigenvalue weighted by molar-refractivity contribution is 5.27. The largest absolute Gasteiger partial charge is 0.504 e. The van der Waals surface area contributed by atoms with E-state index in [2.05, 4.69) is 4.74 Å². The maximum atomic E-state index is 11.8. The lowest BCUT2D eigenvalue weighted by Gasteiger charge is -2.10. The molecule has 0 unspecified atom stereocenters. The number of rotatable bonds is 2. The highest BCUT2D eigenvalue weighted by Gasteiger charge is 2.29. The topological polar surface area (TPSA) is 29.5 Å². The molecule has 0 atom stereocenters. The zero-order chi connectivity index (χ0) is 10.6. The highest BCUT2D eigenvalue weighted by Crippen LogP contribution is 2.20. The van der Waals surface area contributed by atoms with Crippen LogP contribution in [-0.2, 0) is 4.74 Å². The van der Waals surface area contributed by atoms with Gasteiger partial charge in [0.2, 0.25) is 0 Å². The molecule has 0 aliphatic heterocycles. The van der Waals surface area contributed by atoms with E-state index in [-0.39, 0.29) is 11.5 Å². The van der Waals surface area contributed by atoms with Crippen molar-refractivity contribution in [2.45, 2.75) is 12.6 Å². The van der Waals surface area contributed by atoms with Crippen LogP contribution in [0.4, 0.5) is 13.2 Å². The Morgan fingerprint density at radius 2 is 2.14 bits per heavy atom. The van der Waals surface area contributed by atoms with E-state index in [1.54, 1.807) is 6.08 Å². The van der Waals surface area contributed by atoms with Gasteiger partial charge in [-0.2, -0.15) is 13.2 Å². The number of aliphatic hydroxyl groups excluding tert-OH is 1. The summed E-state index contributed by atoms with van der Waals surface area (Å²) in [5.41, 5.74) is 0. The Bertz CT molecular complexity index is 287. The van der Waals surface area contributed by atoms with Crippen molar-refractivity contribution in [1.82, 2.24) is 0 Å². The summed E-state index contributed by atoms with van der Waals surface area (Å²) >= 11 is 0. The van der Waals surface area contributed by atoms with Gasteiger partial charge in [-0.1, -0.05) is 12.2 Å². The predicted molar refractivity (Wildman–Crippen MR) is 44.6 cm³/mol. The van der Waals surface area contributed by atoms with Crippen molar-refractivity contribution in [1.29, 1.82) is 0 Å². The van der Waals surface area contributed by atoms with E-state index < -0.39 is 12.8 Å². The number of allylic oxidation sites excluding steroid dienone is 4. The van der Waals surface area contributed by atoms with Crippen molar-refractivity contribution >= 4 is 0 Å². The fourth-order valence-electron chi connectivity index (χ4n) is 0.881. The van der Waals surface area contributed by atoms with Crippen molar-refractivity contribution in [2.24, 2.45) is 0 Å². The fourth-order valence-corrected chi connectivity index (χ4v) is 0.881. The smallest absolute Gasteiger partial charge is 0.422 e. The lowest BCUT2D eigenvalue weighted by molar-refractivity contribution is -0.164. The summed E-state index contributed by atoms with van der Waals surface area (Å²) in [5.74, 6) is -0.421. The molecule has 0 fully saturated rings. The summed E-state index contributed by atoms with van der Waals surface area (Å²) < 4.78 is 39.7. The minimum Gasteiger partial charge on any atom is -0.504 e. The average Bonchev–Trinajstić information content (AvgIpc) is 2.25. The second-order valence-electron chi connectivity index (χ2n) is 2.69. The van der Waals surface area contributed by atoms with Crippen molar-refractivity contribution < 1.29 is 23.0 Å². The van der Waals surface area contributed by atoms with E-state index in [9.17, 15) is 18.3 Å². The molecular formula is C9H9F3O2. The molecule has 0 radical (unpaired) electrons. The summed E-state index contributed by atoms with van der Waals surface area (Å²) in [6.07, 6.45) is 1.99. The molecule has 0 saturated heterocycles. The monoisotopic (exact) mass is 206 g/mol. The molecule has 0 saturated carbocycles. The Kier molecular flexibility index (Phi) is 3.22. The number of alkyl halides is 3. The SMILES string of the molecule is OC1=CCC=CC=C1OCC(F)(F)F. The summed E-state index contributed by atoms with van der Waals surface area (Å²) in [6, 6.07) is 0. The third-order valence-corrected chi connectivity index (χ3v) is 1.47. The van der Waals surface area contributed by atoms with E-state index in [1.807, 2.05) is 0 Å². The molecule has 0 heterocycles. The molecule has 0 spiro atoms. The molecule has 5 heteroatoms. The molecular weight excluding hydrogens is 197 g/mol. The third-order valence-electron chi connectivity index (χ3n) is 1.47. The van der Waals surface area contributed by atoms with Crippen LogP contribution in [-0.4, -0.2) is 17.9 Å². The molecule has 1 rings (SSSR count). The quantitative estimate of drug-likeness (QED) is 0.752. The van der Waals surface area contributed by atoms with E-state index >= 15 is 0 Å². The van der Waals surface area contributed by atoms with Crippen molar-refractivity contribution in [3.8, 4) is 0 Å². The maximum absolute atomic E-state index is 11.8. The van der Waals surface area contributed by atoms with E-state index in [0.29, 0.717) is 6.42 Å². The number of hydrogen-bond acceptors (Lipinski definition) is 2. The first-order valence-electron chi connectivity index (χ1n) is 3.95. The summed E-state index contributed by atoms with van der Waals surface area (Å²) in [4.78, 5) is 0. The molecule has 0 aromatic carbocycles. The number of hydrogen-bond donors (Lipinski definition) is 1. The van der Waals surface area contributed by atoms with E-state index in [4.69, 9.17) is 0 Å².